The van der Waals surface area contributed by atoms with Crippen molar-refractivity contribution < 1.29 is 0 Å². The molecular weight excluding hydrogens is 153 g/mol. The van der Waals surface area contributed by atoms with Crippen molar-refractivity contribution in [2.75, 3.05) is 0 Å². The van der Waals surface area contributed by atoms with Crippen LogP contribution in [0.4, 0.5) is 0 Å². The first-order chi connectivity index (χ1) is 5.24. The minimum atomic E-state index is 0.625. The summed E-state index contributed by atoms with van der Waals surface area (Å²) in [6.07, 6.45) is 0.983. The molecule has 0 aliphatic carbocycles. The lowest BCUT2D eigenvalue weighted by atomic mass is 10.1. The Morgan fingerprint density at radius 2 is 1.91 bits per heavy atom. The van der Waals surface area contributed by atoms with Gasteiger partial charge in [-0.2, -0.15) is 0 Å². The molecular formula is C9H12NP. The monoisotopic (exact) mass is 165 g/mol. The molecule has 1 aromatic carbocycles. The quantitative estimate of drug-likeness (QED) is 0.514. The highest BCUT2D eigenvalue weighted by atomic mass is 31.0. The maximum Gasteiger partial charge on any atom is 0.0355 e. The van der Waals surface area contributed by atoms with Crippen LogP contribution in [0.25, 0.3) is 0 Å². The summed E-state index contributed by atoms with van der Waals surface area (Å²) in [4.78, 5) is 0. The third kappa shape index (κ3) is 2.13. The second kappa shape index (κ2) is 3.64. The zero-order valence-corrected chi connectivity index (χ0v) is 7.75. The number of rotatable bonds is 2. The lowest BCUT2D eigenvalue weighted by molar-refractivity contribution is 1.39. The van der Waals surface area contributed by atoms with E-state index in [4.69, 9.17) is 5.41 Å². The summed E-state index contributed by atoms with van der Waals surface area (Å²) in [6.45, 7) is 1.80. The maximum atomic E-state index is 7.36. The third-order valence-electron chi connectivity index (χ3n) is 1.62. The van der Waals surface area contributed by atoms with Crippen LogP contribution in [0.2, 0.25) is 0 Å². The van der Waals surface area contributed by atoms with Gasteiger partial charge in [0.15, 0.2) is 0 Å². The molecule has 0 saturated heterocycles. The molecule has 0 heterocycles. The molecule has 1 aromatic rings. The fourth-order valence-corrected chi connectivity index (χ4v) is 1.16. The van der Waals surface area contributed by atoms with Crippen molar-refractivity contribution >= 4 is 15.0 Å². The Bertz CT molecular complexity index is 251. The van der Waals surface area contributed by atoms with Gasteiger partial charge in [-0.05, 0) is 24.2 Å². The Morgan fingerprint density at radius 1 is 1.36 bits per heavy atom. The highest BCUT2D eigenvalue weighted by molar-refractivity contribution is 7.15. The molecule has 1 N–H and O–H groups in total. The van der Waals surface area contributed by atoms with Gasteiger partial charge in [0.05, 0.1) is 0 Å². The van der Waals surface area contributed by atoms with E-state index in [1.54, 1.807) is 6.92 Å². The van der Waals surface area contributed by atoms with Crippen LogP contribution < -0.4 is 0 Å². The summed E-state index contributed by atoms with van der Waals surface area (Å²) in [6, 6.07) is 8.09. The predicted molar refractivity (Wildman–Crippen MR) is 52.4 cm³/mol. The van der Waals surface area contributed by atoms with Crippen LogP contribution in [0.15, 0.2) is 24.3 Å². The molecule has 11 heavy (non-hydrogen) atoms. The smallest absolute Gasteiger partial charge is 0.0355 e. The summed E-state index contributed by atoms with van der Waals surface area (Å²) < 4.78 is 0. The molecule has 0 aliphatic rings. The molecule has 0 saturated carbocycles. The van der Waals surface area contributed by atoms with Gasteiger partial charge in [-0.3, -0.25) is 0 Å². The van der Waals surface area contributed by atoms with Gasteiger partial charge in [-0.25, -0.2) is 0 Å². The Hall–Kier alpha value is -0.680. The number of hydrogen-bond acceptors (Lipinski definition) is 1. The normalized spacial score (nSPS) is 9.64. The molecule has 1 nitrogen and oxygen atoms in total. The average molecular weight is 165 g/mol. The Labute approximate surface area is 69.5 Å². The van der Waals surface area contributed by atoms with E-state index in [0.717, 1.165) is 11.7 Å². The molecule has 0 radical (unpaired) electrons. The highest BCUT2D eigenvalue weighted by Gasteiger charge is 1.93. The van der Waals surface area contributed by atoms with E-state index >= 15 is 0 Å². The van der Waals surface area contributed by atoms with Crippen molar-refractivity contribution in [3.63, 3.8) is 0 Å². The molecule has 0 bridgehead atoms. The first-order valence-electron chi connectivity index (χ1n) is 3.58. The van der Waals surface area contributed by atoms with Crippen molar-refractivity contribution in [3.05, 3.63) is 35.4 Å². The lowest BCUT2D eigenvalue weighted by Gasteiger charge is -1.98. The SMILES string of the molecule is CC(=N)c1ccc(CP)cc1. The van der Waals surface area contributed by atoms with E-state index in [2.05, 4.69) is 21.4 Å². The molecule has 1 unspecified atom stereocenters. The van der Waals surface area contributed by atoms with Gasteiger partial charge in [0, 0.05) is 5.71 Å². The van der Waals surface area contributed by atoms with Crippen LogP contribution in [0.3, 0.4) is 0 Å². The molecule has 0 spiro atoms. The van der Waals surface area contributed by atoms with Gasteiger partial charge in [-0.1, -0.05) is 24.3 Å². The van der Waals surface area contributed by atoms with Gasteiger partial charge >= 0.3 is 0 Å². The number of hydrogen-bond donors (Lipinski definition) is 1. The minimum absolute atomic E-state index is 0.625. The fraction of sp³-hybridized carbons (Fsp3) is 0.222. The van der Waals surface area contributed by atoms with E-state index in [0.29, 0.717) is 5.71 Å². The minimum Gasteiger partial charge on any atom is -0.305 e. The van der Waals surface area contributed by atoms with E-state index in [-0.39, 0.29) is 0 Å². The molecule has 2 heteroatoms. The van der Waals surface area contributed by atoms with Crippen LogP contribution in [-0.2, 0) is 6.16 Å². The van der Waals surface area contributed by atoms with Crippen LogP contribution in [0.1, 0.15) is 18.1 Å². The van der Waals surface area contributed by atoms with Crippen LogP contribution in [-0.4, -0.2) is 5.71 Å². The predicted octanol–water partition coefficient (Wildman–Crippen LogP) is 2.45. The Kier molecular flexibility index (Phi) is 2.78. The first kappa shape index (κ1) is 8.42. The average Bonchev–Trinajstić information content (AvgIpc) is 2.05. The fourth-order valence-electron chi connectivity index (χ4n) is 0.891. The van der Waals surface area contributed by atoms with E-state index < -0.39 is 0 Å². The van der Waals surface area contributed by atoms with E-state index in [1.807, 2.05) is 12.1 Å². The second-order valence-electron chi connectivity index (χ2n) is 2.53. The number of nitrogens with one attached hydrogen (secondary N) is 1. The summed E-state index contributed by atoms with van der Waals surface area (Å²) in [5, 5.41) is 7.36. The van der Waals surface area contributed by atoms with Crippen molar-refractivity contribution in [2.24, 2.45) is 0 Å². The molecule has 1 rings (SSSR count). The Morgan fingerprint density at radius 3 is 2.27 bits per heavy atom. The van der Waals surface area contributed by atoms with Gasteiger partial charge < -0.3 is 5.41 Å². The van der Waals surface area contributed by atoms with Gasteiger partial charge in [0.25, 0.3) is 0 Å². The number of benzene rings is 1. The zero-order valence-electron chi connectivity index (χ0n) is 6.59. The first-order valence-corrected chi connectivity index (χ1v) is 4.40. The topological polar surface area (TPSA) is 23.9 Å². The third-order valence-corrected chi connectivity index (χ3v) is 2.09. The molecule has 0 fully saturated rings. The van der Waals surface area contributed by atoms with Crippen LogP contribution in [0.5, 0.6) is 0 Å². The maximum absolute atomic E-state index is 7.36. The summed E-state index contributed by atoms with van der Waals surface area (Å²) >= 11 is 0. The molecule has 0 amide bonds. The van der Waals surface area contributed by atoms with E-state index in [9.17, 15) is 0 Å². The van der Waals surface area contributed by atoms with Gasteiger partial charge in [0.1, 0.15) is 0 Å². The van der Waals surface area contributed by atoms with Gasteiger partial charge in [-0.15, -0.1) is 9.24 Å². The molecule has 58 valence electrons. The lowest BCUT2D eigenvalue weighted by Crippen LogP contribution is -1.90. The van der Waals surface area contributed by atoms with Crippen LogP contribution >= 0.6 is 9.24 Å². The molecule has 0 aromatic heterocycles. The van der Waals surface area contributed by atoms with Crippen molar-refractivity contribution in [2.45, 2.75) is 13.1 Å². The van der Waals surface area contributed by atoms with Crippen molar-refractivity contribution in [3.8, 4) is 0 Å². The van der Waals surface area contributed by atoms with E-state index in [1.165, 1.54) is 5.56 Å². The highest BCUT2D eigenvalue weighted by Crippen LogP contribution is 2.07. The Balaban J connectivity index is 2.91. The molecule has 1 atom stereocenters. The van der Waals surface area contributed by atoms with Crippen LogP contribution in [0, 0.1) is 5.41 Å². The summed E-state index contributed by atoms with van der Waals surface area (Å²) in [5.74, 6) is 0. The summed E-state index contributed by atoms with van der Waals surface area (Å²) in [7, 11) is 2.68. The molecule has 0 aliphatic heterocycles. The van der Waals surface area contributed by atoms with Gasteiger partial charge in [0.2, 0.25) is 0 Å². The second-order valence-corrected chi connectivity index (χ2v) is 2.93. The largest absolute Gasteiger partial charge is 0.305 e. The van der Waals surface area contributed by atoms with Crippen molar-refractivity contribution in [1.29, 1.82) is 5.41 Å². The van der Waals surface area contributed by atoms with Crippen molar-refractivity contribution in [1.82, 2.24) is 0 Å². The standard InChI is InChI=1S/C9H12NP/c1-7(10)9-4-2-8(6-11)3-5-9/h2-5,10H,6,11H2,1H3. The zero-order chi connectivity index (χ0) is 8.27. The summed E-state index contributed by atoms with van der Waals surface area (Å²) in [5.41, 5.74) is 2.92.